The van der Waals surface area contributed by atoms with Gasteiger partial charge < -0.3 is 0 Å². The zero-order valence-corrected chi connectivity index (χ0v) is 13.2. The Kier molecular flexibility index (Phi) is 4.89. The third-order valence-electron chi connectivity index (χ3n) is 3.64. The van der Waals surface area contributed by atoms with Crippen LogP contribution in [0.15, 0.2) is 70.7 Å². The third-order valence-corrected chi connectivity index (χ3v) is 3.64. The fourth-order valence-corrected chi connectivity index (χ4v) is 2.81. The number of allylic oxidation sites excluding steroid dienone is 8. The van der Waals surface area contributed by atoms with Crippen LogP contribution >= 0.6 is 0 Å². The second-order valence-corrected chi connectivity index (χ2v) is 6.16. The molecule has 0 N–H and O–H groups in total. The normalized spacial score (nSPS) is 26.0. The molecule has 110 valence electrons. The highest BCUT2D eigenvalue weighted by Crippen LogP contribution is 2.33. The molecule has 1 aliphatic heterocycles. The second kappa shape index (κ2) is 6.66. The van der Waals surface area contributed by atoms with E-state index in [9.17, 15) is 0 Å². The first-order valence-corrected chi connectivity index (χ1v) is 7.50. The fourth-order valence-electron chi connectivity index (χ4n) is 2.81. The highest BCUT2D eigenvalue weighted by atomic mass is 14.9. The van der Waals surface area contributed by atoms with Crippen LogP contribution in [0.5, 0.6) is 0 Å². The Balaban J connectivity index is 2.08. The minimum Gasteiger partial charge on any atom is -0.281 e. The van der Waals surface area contributed by atoms with Crippen LogP contribution < -0.4 is 0 Å². The van der Waals surface area contributed by atoms with Gasteiger partial charge in [0.2, 0.25) is 0 Å². The summed E-state index contributed by atoms with van der Waals surface area (Å²) in [6.45, 7) is 11.0. The number of fused-ring (bicyclic) bond motifs is 1. The van der Waals surface area contributed by atoms with Crippen LogP contribution in [-0.2, 0) is 0 Å². The number of hydrogen-bond donors (Lipinski definition) is 0. The van der Waals surface area contributed by atoms with Crippen LogP contribution in [0, 0.1) is 5.92 Å². The zero-order chi connectivity index (χ0) is 15.3. The molecule has 0 aromatic carbocycles. The molecule has 0 amide bonds. The Morgan fingerprint density at radius 3 is 2.90 bits per heavy atom. The van der Waals surface area contributed by atoms with Gasteiger partial charge in [-0.15, -0.1) is 0 Å². The Morgan fingerprint density at radius 1 is 1.33 bits per heavy atom. The molecule has 0 radical (unpaired) electrons. The maximum Gasteiger partial charge on any atom is 0.0617 e. The van der Waals surface area contributed by atoms with Gasteiger partial charge in [0.15, 0.2) is 0 Å². The molecule has 21 heavy (non-hydrogen) atoms. The largest absolute Gasteiger partial charge is 0.281 e. The SMILES string of the molecule is C=C/C=C\C=C/CN=C1C=CC2=NC(C)(C)CC(C)C2=C1. The Labute approximate surface area is 128 Å². The summed E-state index contributed by atoms with van der Waals surface area (Å²) in [6.07, 6.45) is 17.1. The van der Waals surface area contributed by atoms with E-state index >= 15 is 0 Å². The summed E-state index contributed by atoms with van der Waals surface area (Å²) in [5, 5.41) is 0. The molecule has 2 heteroatoms. The number of hydrogen-bond acceptors (Lipinski definition) is 2. The monoisotopic (exact) mass is 280 g/mol. The molecule has 0 bridgehead atoms. The van der Waals surface area contributed by atoms with E-state index in [4.69, 9.17) is 4.99 Å². The van der Waals surface area contributed by atoms with E-state index in [1.54, 1.807) is 6.08 Å². The number of aliphatic imine (C=N–C) groups is 2. The number of rotatable bonds is 4. The van der Waals surface area contributed by atoms with Crippen molar-refractivity contribution in [3.63, 3.8) is 0 Å². The molecular formula is C19H24N2. The van der Waals surface area contributed by atoms with Crippen molar-refractivity contribution in [2.24, 2.45) is 15.9 Å². The molecule has 0 saturated heterocycles. The molecule has 0 saturated carbocycles. The van der Waals surface area contributed by atoms with Crippen molar-refractivity contribution in [3.8, 4) is 0 Å². The van der Waals surface area contributed by atoms with E-state index in [0.29, 0.717) is 12.5 Å². The predicted molar refractivity (Wildman–Crippen MR) is 93.3 cm³/mol. The minimum atomic E-state index is 0.0469. The van der Waals surface area contributed by atoms with Crippen LogP contribution in [0.25, 0.3) is 0 Å². The van der Waals surface area contributed by atoms with Crippen molar-refractivity contribution in [1.29, 1.82) is 0 Å². The van der Waals surface area contributed by atoms with Gasteiger partial charge in [-0.25, -0.2) is 0 Å². The Hall–Kier alpha value is -1.96. The first-order chi connectivity index (χ1) is 10.0. The first kappa shape index (κ1) is 15.4. The lowest BCUT2D eigenvalue weighted by atomic mass is 9.79. The summed E-state index contributed by atoms with van der Waals surface area (Å²) in [5.41, 5.74) is 3.53. The highest BCUT2D eigenvalue weighted by Gasteiger charge is 2.30. The average Bonchev–Trinajstić information content (AvgIpc) is 2.42. The van der Waals surface area contributed by atoms with Gasteiger partial charge in [-0.2, -0.15) is 0 Å². The van der Waals surface area contributed by atoms with Gasteiger partial charge in [0.25, 0.3) is 0 Å². The van der Waals surface area contributed by atoms with E-state index < -0.39 is 0 Å². The topological polar surface area (TPSA) is 24.7 Å². The molecule has 1 aliphatic carbocycles. The van der Waals surface area contributed by atoms with Gasteiger partial charge in [-0.3, -0.25) is 9.98 Å². The van der Waals surface area contributed by atoms with Gasteiger partial charge in [0.05, 0.1) is 23.5 Å². The Morgan fingerprint density at radius 2 is 2.14 bits per heavy atom. The summed E-state index contributed by atoms with van der Waals surface area (Å²) >= 11 is 0. The maximum atomic E-state index is 4.83. The first-order valence-electron chi connectivity index (χ1n) is 7.50. The van der Waals surface area contributed by atoms with Gasteiger partial charge in [0.1, 0.15) is 0 Å². The minimum absolute atomic E-state index is 0.0469. The molecule has 0 spiro atoms. The molecule has 2 nitrogen and oxygen atoms in total. The molecule has 1 atom stereocenters. The van der Waals surface area contributed by atoms with E-state index in [1.165, 1.54) is 5.57 Å². The van der Waals surface area contributed by atoms with Crippen molar-refractivity contribution in [1.82, 2.24) is 0 Å². The highest BCUT2D eigenvalue weighted by molar-refractivity contribution is 6.21. The predicted octanol–water partition coefficient (Wildman–Crippen LogP) is 4.48. The van der Waals surface area contributed by atoms with Crippen LogP contribution in [0.2, 0.25) is 0 Å². The van der Waals surface area contributed by atoms with Crippen molar-refractivity contribution < 1.29 is 0 Å². The fraction of sp³-hybridized carbons (Fsp3) is 0.368. The van der Waals surface area contributed by atoms with Gasteiger partial charge >= 0.3 is 0 Å². The summed E-state index contributed by atoms with van der Waals surface area (Å²) in [4.78, 5) is 9.42. The van der Waals surface area contributed by atoms with Crippen molar-refractivity contribution in [3.05, 3.63) is 60.8 Å². The van der Waals surface area contributed by atoms with Gasteiger partial charge in [-0.05, 0) is 50.0 Å². The zero-order valence-electron chi connectivity index (χ0n) is 13.2. The van der Waals surface area contributed by atoms with Crippen LogP contribution in [0.4, 0.5) is 0 Å². The Bertz CT molecular complexity index is 581. The second-order valence-electron chi connectivity index (χ2n) is 6.16. The van der Waals surface area contributed by atoms with E-state index in [-0.39, 0.29) is 5.54 Å². The summed E-state index contributed by atoms with van der Waals surface area (Å²) in [6, 6.07) is 0. The van der Waals surface area contributed by atoms with Crippen LogP contribution in [0.1, 0.15) is 27.2 Å². The maximum absolute atomic E-state index is 4.83. The van der Waals surface area contributed by atoms with Gasteiger partial charge in [0, 0.05) is 0 Å². The third kappa shape index (κ3) is 4.25. The van der Waals surface area contributed by atoms with Crippen LogP contribution in [-0.4, -0.2) is 23.5 Å². The average molecular weight is 280 g/mol. The lowest BCUT2D eigenvalue weighted by Gasteiger charge is -2.33. The molecule has 1 heterocycles. The smallest absolute Gasteiger partial charge is 0.0617 e. The summed E-state index contributed by atoms with van der Waals surface area (Å²) < 4.78 is 0. The standard InChI is InChI=1S/C19H24N2/c1-5-6-7-8-9-12-20-16-10-11-18-17(13-16)15(2)14-19(3,4)21-18/h5-11,13,15H,1,12,14H2,2-4H3/b7-6-,9-8-,20-16?. The lowest BCUT2D eigenvalue weighted by Crippen LogP contribution is -2.31. The summed E-state index contributed by atoms with van der Waals surface area (Å²) in [7, 11) is 0. The molecule has 0 aromatic rings. The van der Waals surface area contributed by atoms with E-state index in [0.717, 1.165) is 17.8 Å². The van der Waals surface area contributed by atoms with E-state index in [2.05, 4.69) is 50.6 Å². The van der Waals surface area contributed by atoms with Crippen molar-refractivity contribution >= 4 is 11.4 Å². The molecule has 2 aliphatic rings. The lowest BCUT2D eigenvalue weighted by molar-refractivity contribution is 0.406. The van der Waals surface area contributed by atoms with Crippen LogP contribution in [0.3, 0.4) is 0 Å². The van der Waals surface area contributed by atoms with Crippen molar-refractivity contribution in [2.75, 3.05) is 6.54 Å². The number of nitrogens with zero attached hydrogens (tertiary/aromatic N) is 2. The molecule has 1 unspecified atom stereocenters. The molecule has 0 fully saturated rings. The van der Waals surface area contributed by atoms with Gasteiger partial charge in [-0.1, -0.05) is 43.9 Å². The van der Waals surface area contributed by atoms with Crippen molar-refractivity contribution in [2.45, 2.75) is 32.7 Å². The molecular weight excluding hydrogens is 256 g/mol. The molecule has 0 aromatic heterocycles. The molecule has 2 rings (SSSR count). The van der Waals surface area contributed by atoms with E-state index in [1.807, 2.05) is 24.3 Å². The summed E-state index contributed by atoms with van der Waals surface area (Å²) in [5.74, 6) is 0.536. The quantitative estimate of drug-likeness (QED) is 0.536.